The number of halogens is 1. The zero-order chi connectivity index (χ0) is 31.4. The number of hydrogen-bond donors (Lipinski definition) is 1. The summed E-state index contributed by atoms with van der Waals surface area (Å²) >= 11 is 0. The largest absolute Gasteiger partial charge is 0.368 e. The van der Waals surface area contributed by atoms with Crippen molar-refractivity contribution in [2.75, 3.05) is 44.2 Å². The highest BCUT2D eigenvalue weighted by molar-refractivity contribution is 5.63. The van der Waals surface area contributed by atoms with Crippen molar-refractivity contribution in [1.82, 2.24) is 9.80 Å². The van der Waals surface area contributed by atoms with Crippen LogP contribution < -0.4 is 10.6 Å². The molecular weight excluding hydrogens is 543 g/mol. The molecule has 4 rings (SSSR count). The molecular formula is C29H39FN8O4. The van der Waals surface area contributed by atoms with Crippen LogP contribution in [0, 0.1) is 48.7 Å². The lowest BCUT2D eigenvalue weighted by molar-refractivity contribution is -0.385. The van der Waals surface area contributed by atoms with Crippen LogP contribution in [0.5, 0.6) is 0 Å². The van der Waals surface area contributed by atoms with Crippen molar-refractivity contribution in [3.05, 3.63) is 73.6 Å². The molecule has 2 aromatic carbocycles. The van der Waals surface area contributed by atoms with Gasteiger partial charge in [0.15, 0.2) is 0 Å². The van der Waals surface area contributed by atoms with E-state index in [1.54, 1.807) is 6.07 Å². The Balaban J connectivity index is 0.000000239. The minimum atomic E-state index is -0.747. The van der Waals surface area contributed by atoms with E-state index in [1.165, 1.54) is 44.1 Å². The van der Waals surface area contributed by atoms with Crippen LogP contribution in [0.4, 0.5) is 21.5 Å². The molecule has 0 bridgehead atoms. The molecule has 42 heavy (non-hydrogen) atoms. The topological polar surface area (TPSA) is 170 Å². The molecule has 2 saturated heterocycles. The van der Waals surface area contributed by atoms with E-state index in [1.807, 2.05) is 0 Å². The Labute approximate surface area is 246 Å². The van der Waals surface area contributed by atoms with Crippen LogP contribution in [0.1, 0.15) is 51.7 Å². The number of rotatable bonds is 5. The smallest absolute Gasteiger partial charge is 0.270 e. The summed E-state index contributed by atoms with van der Waals surface area (Å²) in [4.78, 5) is 26.8. The van der Waals surface area contributed by atoms with Crippen molar-refractivity contribution < 1.29 is 14.2 Å². The second-order valence-electron chi connectivity index (χ2n) is 10.7. The average molecular weight is 583 g/mol. The van der Waals surface area contributed by atoms with Gasteiger partial charge in [0.25, 0.3) is 11.4 Å². The number of piperazine rings is 1. The lowest BCUT2D eigenvalue weighted by atomic mass is 10.1. The number of piperidine rings is 1. The average Bonchev–Trinajstić information content (AvgIpc) is 2.97. The van der Waals surface area contributed by atoms with E-state index in [-0.39, 0.29) is 16.9 Å². The van der Waals surface area contributed by atoms with Crippen molar-refractivity contribution in [3.8, 4) is 12.1 Å². The zero-order valence-corrected chi connectivity index (χ0v) is 24.6. The highest BCUT2D eigenvalue weighted by atomic mass is 19.1. The standard InChI is InChI=1S/C14H18N4O2.C8H18N2.C7H3FN2O2/c1-11(2)16-5-7-17(8-6-16)14-4-3-13(18(19)20)9-12(14)10-15;1-7(2)10-5-3-8(9)4-6-10;8-7-2-1-6(10(11)12)3-5(7)4-9/h3-4,9,11H,5-8H2,1-2H3;7-8H,3-6,9H2,1-2H3;1-3H. The van der Waals surface area contributed by atoms with E-state index in [9.17, 15) is 29.9 Å². The van der Waals surface area contributed by atoms with Gasteiger partial charge in [-0.1, -0.05) is 0 Å². The maximum Gasteiger partial charge on any atom is 0.270 e. The van der Waals surface area contributed by atoms with Crippen molar-refractivity contribution in [2.24, 2.45) is 5.73 Å². The van der Waals surface area contributed by atoms with Crippen molar-refractivity contribution in [3.63, 3.8) is 0 Å². The lowest BCUT2D eigenvalue weighted by Gasteiger charge is -2.38. The van der Waals surface area contributed by atoms with Gasteiger partial charge in [-0.25, -0.2) is 4.39 Å². The molecule has 2 heterocycles. The van der Waals surface area contributed by atoms with Crippen LogP contribution in [0.25, 0.3) is 0 Å². The Morgan fingerprint density at radius 1 is 0.810 bits per heavy atom. The van der Waals surface area contributed by atoms with Crippen molar-refractivity contribution >= 4 is 17.1 Å². The number of nitrogens with two attached hydrogens (primary N) is 1. The number of nitriles is 2. The van der Waals surface area contributed by atoms with Crippen molar-refractivity contribution in [1.29, 1.82) is 10.5 Å². The Morgan fingerprint density at radius 2 is 1.26 bits per heavy atom. The molecule has 2 aromatic rings. The van der Waals surface area contributed by atoms with E-state index in [0.29, 0.717) is 23.7 Å². The normalized spacial score (nSPS) is 16.0. The van der Waals surface area contributed by atoms with Gasteiger partial charge in [-0.3, -0.25) is 25.1 Å². The van der Waals surface area contributed by atoms with Crippen LogP contribution in [-0.2, 0) is 0 Å². The molecule has 0 saturated carbocycles. The van der Waals surface area contributed by atoms with Crippen LogP contribution >= 0.6 is 0 Å². The third kappa shape index (κ3) is 10.0. The molecule has 0 radical (unpaired) electrons. The summed E-state index contributed by atoms with van der Waals surface area (Å²) in [5.74, 6) is -0.747. The molecule has 0 atom stereocenters. The van der Waals surface area contributed by atoms with E-state index in [0.717, 1.165) is 50.1 Å². The summed E-state index contributed by atoms with van der Waals surface area (Å²) in [7, 11) is 0. The highest BCUT2D eigenvalue weighted by Gasteiger charge is 2.22. The summed E-state index contributed by atoms with van der Waals surface area (Å²) in [6.07, 6.45) is 2.36. The number of nitro groups is 2. The van der Waals surface area contributed by atoms with Gasteiger partial charge in [-0.15, -0.1) is 0 Å². The molecule has 2 fully saturated rings. The Morgan fingerprint density at radius 3 is 1.71 bits per heavy atom. The first-order chi connectivity index (χ1) is 19.9. The second kappa shape index (κ2) is 16.3. The van der Waals surface area contributed by atoms with Gasteiger partial charge in [0.05, 0.1) is 26.7 Å². The van der Waals surface area contributed by atoms with Crippen LogP contribution in [-0.4, -0.2) is 77.0 Å². The van der Waals surface area contributed by atoms with Crippen molar-refractivity contribution in [2.45, 2.75) is 58.7 Å². The quantitative estimate of drug-likeness (QED) is 0.393. The van der Waals surface area contributed by atoms with Crippen LogP contribution in [0.2, 0.25) is 0 Å². The fourth-order valence-electron chi connectivity index (χ4n) is 4.63. The van der Waals surface area contributed by atoms with Gasteiger partial charge in [0.1, 0.15) is 18.0 Å². The van der Waals surface area contributed by atoms with Crippen LogP contribution in [0.15, 0.2) is 36.4 Å². The SMILES string of the molecule is CC(C)N1CCC(N)CC1.CC(C)N1CCN(c2ccc([N+](=O)[O-])cc2C#N)CC1.N#Cc1cc([N+](=O)[O-])ccc1F. The molecule has 2 N–H and O–H groups in total. The Kier molecular flexibility index (Phi) is 13.2. The van der Waals surface area contributed by atoms with E-state index in [4.69, 9.17) is 11.0 Å². The maximum absolute atomic E-state index is 12.6. The number of nitro benzene ring substituents is 2. The monoisotopic (exact) mass is 582 g/mol. The first kappa shape index (κ1) is 34.0. The van der Waals surface area contributed by atoms with Gasteiger partial charge < -0.3 is 15.5 Å². The molecule has 2 aliphatic heterocycles. The number of nitrogens with zero attached hydrogens (tertiary/aromatic N) is 7. The fraction of sp³-hybridized carbons (Fsp3) is 0.517. The molecule has 0 aliphatic carbocycles. The van der Waals surface area contributed by atoms with E-state index in [2.05, 4.69) is 48.5 Å². The minimum absolute atomic E-state index is 0.0360. The predicted molar refractivity (Wildman–Crippen MR) is 158 cm³/mol. The first-order valence-corrected chi connectivity index (χ1v) is 13.9. The number of non-ortho nitro benzene ring substituents is 2. The molecule has 0 amide bonds. The molecule has 2 aliphatic rings. The van der Waals surface area contributed by atoms with E-state index < -0.39 is 15.7 Å². The summed E-state index contributed by atoms with van der Waals surface area (Å²) in [5.41, 5.74) is 6.30. The van der Waals surface area contributed by atoms with E-state index >= 15 is 0 Å². The minimum Gasteiger partial charge on any atom is -0.368 e. The molecule has 0 spiro atoms. The van der Waals surface area contributed by atoms with Gasteiger partial charge in [-0.05, 0) is 65.8 Å². The molecule has 12 nitrogen and oxygen atoms in total. The van der Waals surface area contributed by atoms with Gasteiger partial charge >= 0.3 is 0 Å². The Hall–Kier alpha value is -4.17. The lowest BCUT2D eigenvalue weighted by Crippen LogP contribution is -2.49. The third-order valence-corrected chi connectivity index (χ3v) is 7.28. The highest BCUT2D eigenvalue weighted by Crippen LogP contribution is 2.26. The maximum atomic E-state index is 12.6. The predicted octanol–water partition coefficient (Wildman–Crippen LogP) is 4.42. The van der Waals surface area contributed by atoms with Crippen LogP contribution in [0.3, 0.4) is 0 Å². The van der Waals surface area contributed by atoms with Gasteiger partial charge in [-0.2, -0.15) is 10.5 Å². The fourth-order valence-corrected chi connectivity index (χ4v) is 4.63. The number of benzene rings is 2. The first-order valence-electron chi connectivity index (χ1n) is 13.9. The second-order valence-corrected chi connectivity index (χ2v) is 10.7. The van der Waals surface area contributed by atoms with Gasteiger partial charge in [0.2, 0.25) is 0 Å². The Bertz CT molecular complexity index is 1290. The molecule has 0 unspecified atom stereocenters. The van der Waals surface area contributed by atoms with Gasteiger partial charge in [0, 0.05) is 68.6 Å². The zero-order valence-electron chi connectivity index (χ0n) is 24.6. The summed E-state index contributed by atoms with van der Waals surface area (Å²) < 4.78 is 12.6. The summed E-state index contributed by atoms with van der Waals surface area (Å²) in [5, 5.41) is 38.4. The molecule has 13 heteroatoms. The molecule has 0 aromatic heterocycles. The molecule has 226 valence electrons. The summed E-state index contributed by atoms with van der Waals surface area (Å²) in [6.45, 7) is 14.8. The third-order valence-electron chi connectivity index (χ3n) is 7.28. The number of likely N-dealkylation sites (tertiary alicyclic amines) is 1. The number of hydrogen-bond acceptors (Lipinski definition) is 10. The summed E-state index contributed by atoms with van der Waals surface area (Å²) in [6, 6.07) is 12.6. The number of anilines is 1.